The van der Waals surface area contributed by atoms with Crippen molar-refractivity contribution >= 4 is 49.2 Å². The van der Waals surface area contributed by atoms with E-state index in [0.29, 0.717) is 17.8 Å². The first-order chi connectivity index (χ1) is 9.99. The highest BCUT2D eigenvalue weighted by atomic mass is 79.9. The number of ketones is 1. The quantitative estimate of drug-likeness (QED) is 0.696. The summed E-state index contributed by atoms with van der Waals surface area (Å²) in [7, 11) is 0. The molecule has 1 amide bonds. The number of anilines is 1. The van der Waals surface area contributed by atoms with E-state index >= 15 is 0 Å². The van der Waals surface area contributed by atoms with Crippen LogP contribution >= 0.6 is 31.9 Å². The standard InChI is InChI=1S/C16H11Br2NO2/c1-9-6-11(17)7-12-14(9)19(16(21)15(12)20)8-10-4-2-3-5-13(10)18/h2-7H,8H2,1H3. The van der Waals surface area contributed by atoms with Crippen molar-refractivity contribution in [3.63, 3.8) is 0 Å². The van der Waals surface area contributed by atoms with Crippen molar-refractivity contribution in [2.24, 2.45) is 0 Å². The predicted molar refractivity (Wildman–Crippen MR) is 88.5 cm³/mol. The highest BCUT2D eigenvalue weighted by Gasteiger charge is 2.37. The second-order valence-electron chi connectivity index (χ2n) is 4.93. The van der Waals surface area contributed by atoms with Crippen molar-refractivity contribution in [2.75, 3.05) is 4.90 Å². The molecular formula is C16H11Br2NO2. The molecule has 0 saturated heterocycles. The Kier molecular flexibility index (Phi) is 3.71. The van der Waals surface area contributed by atoms with Crippen LogP contribution in [-0.2, 0) is 11.3 Å². The molecule has 0 spiro atoms. The Labute approximate surface area is 139 Å². The van der Waals surface area contributed by atoms with Gasteiger partial charge in [-0.2, -0.15) is 0 Å². The summed E-state index contributed by atoms with van der Waals surface area (Å²) in [5.41, 5.74) is 3.06. The fraction of sp³-hybridized carbons (Fsp3) is 0.125. The van der Waals surface area contributed by atoms with Gasteiger partial charge in [-0.1, -0.05) is 50.1 Å². The van der Waals surface area contributed by atoms with E-state index in [0.717, 1.165) is 20.1 Å². The minimum atomic E-state index is -0.470. The van der Waals surface area contributed by atoms with Gasteiger partial charge >= 0.3 is 0 Å². The van der Waals surface area contributed by atoms with Crippen LogP contribution in [-0.4, -0.2) is 11.7 Å². The number of carbonyl (C=O) groups is 2. The van der Waals surface area contributed by atoms with Gasteiger partial charge in [0, 0.05) is 8.95 Å². The Morgan fingerprint density at radius 1 is 1.10 bits per heavy atom. The van der Waals surface area contributed by atoms with E-state index in [-0.39, 0.29) is 0 Å². The van der Waals surface area contributed by atoms with Gasteiger partial charge in [0.1, 0.15) is 0 Å². The number of halogens is 2. The molecule has 3 rings (SSSR count). The average Bonchev–Trinajstić information content (AvgIpc) is 2.67. The summed E-state index contributed by atoms with van der Waals surface area (Å²) in [6.07, 6.45) is 0. The van der Waals surface area contributed by atoms with Crippen LogP contribution < -0.4 is 4.90 Å². The number of nitrogens with zero attached hydrogens (tertiary/aromatic N) is 1. The van der Waals surface area contributed by atoms with E-state index in [2.05, 4.69) is 31.9 Å². The van der Waals surface area contributed by atoms with Crippen LogP contribution in [0.1, 0.15) is 21.5 Å². The number of benzene rings is 2. The lowest BCUT2D eigenvalue weighted by molar-refractivity contribution is -0.114. The van der Waals surface area contributed by atoms with Crippen LogP contribution in [0, 0.1) is 6.92 Å². The molecule has 3 nitrogen and oxygen atoms in total. The van der Waals surface area contributed by atoms with E-state index in [4.69, 9.17) is 0 Å². The molecule has 0 N–H and O–H groups in total. The van der Waals surface area contributed by atoms with Gasteiger partial charge in [0.2, 0.25) is 0 Å². The lowest BCUT2D eigenvalue weighted by atomic mass is 10.1. The van der Waals surface area contributed by atoms with Crippen molar-refractivity contribution in [3.8, 4) is 0 Å². The highest BCUT2D eigenvalue weighted by molar-refractivity contribution is 9.10. The Morgan fingerprint density at radius 2 is 1.81 bits per heavy atom. The third kappa shape index (κ3) is 2.45. The number of fused-ring (bicyclic) bond motifs is 1. The van der Waals surface area contributed by atoms with Gasteiger partial charge in [-0.05, 0) is 36.2 Å². The summed E-state index contributed by atoms with van der Waals surface area (Å²) in [4.78, 5) is 26.0. The summed E-state index contributed by atoms with van der Waals surface area (Å²) in [6, 6.07) is 11.3. The van der Waals surface area contributed by atoms with Gasteiger partial charge in [-0.3, -0.25) is 9.59 Å². The molecule has 0 radical (unpaired) electrons. The van der Waals surface area contributed by atoms with Gasteiger partial charge < -0.3 is 4.90 Å². The molecule has 0 saturated carbocycles. The predicted octanol–water partition coefficient (Wildman–Crippen LogP) is 4.25. The minimum Gasteiger partial charge on any atom is -0.300 e. The SMILES string of the molecule is Cc1cc(Br)cc2c1N(Cc1ccccc1Br)C(=O)C2=O. The molecule has 0 bridgehead atoms. The number of rotatable bonds is 2. The van der Waals surface area contributed by atoms with Crippen LogP contribution in [0.25, 0.3) is 0 Å². The first-order valence-corrected chi connectivity index (χ1v) is 7.97. The number of carbonyl (C=O) groups excluding carboxylic acids is 2. The second kappa shape index (κ2) is 5.39. The molecule has 2 aromatic rings. The molecule has 1 aliphatic heterocycles. The van der Waals surface area contributed by atoms with Crippen molar-refractivity contribution in [3.05, 3.63) is 62.0 Å². The lowest BCUT2D eigenvalue weighted by Gasteiger charge is -2.19. The van der Waals surface area contributed by atoms with E-state index < -0.39 is 11.7 Å². The second-order valence-corrected chi connectivity index (χ2v) is 6.70. The fourth-order valence-electron chi connectivity index (χ4n) is 2.55. The zero-order valence-corrected chi connectivity index (χ0v) is 14.4. The molecule has 0 fully saturated rings. The van der Waals surface area contributed by atoms with Gasteiger partial charge in [0.25, 0.3) is 11.7 Å². The summed E-state index contributed by atoms with van der Waals surface area (Å²) in [5.74, 6) is -0.914. The fourth-order valence-corrected chi connectivity index (χ4v) is 3.54. The van der Waals surface area contributed by atoms with Crippen LogP contribution in [0.5, 0.6) is 0 Å². The van der Waals surface area contributed by atoms with Crippen molar-refractivity contribution in [1.82, 2.24) is 0 Å². The van der Waals surface area contributed by atoms with Crippen LogP contribution in [0.2, 0.25) is 0 Å². The maximum absolute atomic E-state index is 12.3. The maximum atomic E-state index is 12.3. The number of hydrogen-bond acceptors (Lipinski definition) is 2. The molecule has 5 heteroatoms. The van der Waals surface area contributed by atoms with E-state index in [1.165, 1.54) is 0 Å². The normalized spacial score (nSPS) is 13.8. The van der Waals surface area contributed by atoms with Gasteiger partial charge in [-0.15, -0.1) is 0 Å². The summed E-state index contributed by atoms with van der Waals surface area (Å²) in [6.45, 7) is 2.28. The van der Waals surface area contributed by atoms with Crippen molar-refractivity contribution in [2.45, 2.75) is 13.5 Å². The Bertz CT molecular complexity index is 771. The Morgan fingerprint density at radius 3 is 2.52 bits per heavy atom. The molecular weight excluding hydrogens is 398 g/mol. The van der Waals surface area contributed by atoms with E-state index in [1.807, 2.05) is 37.3 Å². The van der Waals surface area contributed by atoms with Crippen LogP contribution in [0.4, 0.5) is 5.69 Å². The average molecular weight is 409 g/mol. The maximum Gasteiger partial charge on any atom is 0.299 e. The van der Waals surface area contributed by atoms with Crippen LogP contribution in [0.15, 0.2) is 45.3 Å². The number of hydrogen-bond donors (Lipinski definition) is 0. The largest absolute Gasteiger partial charge is 0.300 e. The minimum absolute atomic E-state index is 0.376. The highest BCUT2D eigenvalue weighted by Crippen LogP contribution is 2.36. The number of amides is 1. The summed E-state index contributed by atoms with van der Waals surface area (Å²) < 4.78 is 1.73. The van der Waals surface area contributed by atoms with Crippen LogP contribution in [0.3, 0.4) is 0 Å². The summed E-state index contributed by atoms with van der Waals surface area (Å²) >= 11 is 6.85. The molecule has 21 heavy (non-hydrogen) atoms. The smallest absolute Gasteiger partial charge is 0.299 e. The Balaban J connectivity index is 2.08. The van der Waals surface area contributed by atoms with Crippen molar-refractivity contribution < 1.29 is 9.59 Å². The lowest BCUT2D eigenvalue weighted by Crippen LogP contribution is -2.29. The van der Waals surface area contributed by atoms with E-state index in [9.17, 15) is 9.59 Å². The monoisotopic (exact) mass is 407 g/mol. The zero-order valence-electron chi connectivity index (χ0n) is 11.2. The molecule has 1 aliphatic rings. The molecule has 2 aromatic carbocycles. The first-order valence-electron chi connectivity index (χ1n) is 6.39. The molecule has 0 atom stereocenters. The van der Waals surface area contributed by atoms with E-state index in [1.54, 1.807) is 11.0 Å². The molecule has 106 valence electrons. The molecule has 0 unspecified atom stereocenters. The third-order valence-electron chi connectivity index (χ3n) is 3.51. The number of aryl methyl sites for hydroxylation is 1. The third-order valence-corrected chi connectivity index (χ3v) is 4.74. The van der Waals surface area contributed by atoms with Gasteiger partial charge in [0.15, 0.2) is 0 Å². The van der Waals surface area contributed by atoms with Crippen molar-refractivity contribution in [1.29, 1.82) is 0 Å². The first kappa shape index (κ1) is 14.5. The molecule has 0 aromatic heterocycles. The number of Topliss-reactive ketones (excluding diaryl/α,β-unsaturated/α-hetero) is 1. The molecule has 0 aliphatic carbocycles. The zero-order chi connectivity index (χ0) is 15.1. The molecule has 1 heterocycles. The topological polar surface area (TPSA) is 37.4 Å². The summed E-state index contributed by atoms with van der Waals surface area (Å²) in [5, 5.41) is 0. The van der Waals surface area contributed by atoms with Gasteiger partial charge in [-0.25, -0.2) is 0 Å². The Hall–Kier alpha value is -1.46. The van der Waals surface area contributed by atoms with Gasteiger partial charge in [0.05, 0.1) is 17.8 Å².